The second-order valence-electron chi connectivity index (χ2n) is 3.48. The van der Waals surface area contributed by atoms with Crippen molar-refractivity contribution in [2.45, 2.75) is 33.1 Å². The summed E-state index contributed by atoms with van der Waals surface area (Å²) in [6.07, 6.45) is 2.04. The number of Topliss-reactive ketones (excluding diaryl/α,β-unsaturated/α-hetero) is 1. The number of benzene rings is 1. The number of hydrogen-bond donors (Lipinski definition) is 0. The number of aryl methyl sites for hydroxylation is 2. The second kappa shape index (κ2) is 5.16. The lowest BCUT2D eigenvalue weighted by atomic mass is 10.1. The quantitative estimate of drug-likeness (QED) is 0.743. The number of carbonyl (C=O) groups is 1. The van der Waals surface area contributed by atoms with E-state index >= 15 is 0 Å². The van der Waals surface area contributed by atoms with Gasteiger partial charge in [0, 0.05) is 17.9 Å². The Kier molecular flexibility index (Phi) is 4.15. The number of rotatable bonds is 4. The Hall–Kier alpha value is -0.820. The summed E-state index contributed by atoms with van der Waals surface area (Å²) in [6.45, 7) is 3.87. The average Bonchev–Trinajstić information content (AvgIpc) is 2.19. The van der Waals surface area contributed by atoms with E-state index < -0.39 is 0 Å². The van der Waals surface area contributed by atoms with E-state index in [2.05, 4.69) is 0 Å². The molecule has 1 aromatic carbocycles. The van der Waals surface area contributed by atoms with E-state index in [1.54, 1.807) is 0 Å². The lowest BCUT2D eigenvalue weighted by molar-refractivity contribution is -0.118. The van der Waals surface area contributed by atoms with Gasteiger partial charge in [0.2, 0.25) is 0 Å². The topological polar surface area (TPSA) is 17.1 Å². The van der Waals surface area contributed by atoms with Crippen molar-refractivity contribution in [3.8, 4) is 0 Å². The number of hydrogen-bond acceptors (Lipinski definition) is 1. The first-order valence-electron chi connectivity index (χ1n) is 4.90. The molecule has 0 radical (unpaired) electrons. The Morgan fingerprint density at radius 2 is 2.14 bits per heavy atom. The third kappa shape index (κ3) is 3.15. The van der Waals surface area contributed by atoms with Crippen LogP contribution in [0, 0.1) is 6.92 Å². The molecule has 0 aromatic heterocycles. The van der Waals surface area contributed by atoms with Crippen LogP contribution in [0.3, 0.4) is 0 Å². The van der Waals surface area contributed by atoms with Crippen molar-refractivity contribution in [3.05, 3.63) is 34.3 Å². The maximum Gasteiger partial charge on any atom is 0.132 e. The number of carbonyl (C=O) groups excluding carboxylic acids is 1. The zero-order valence-electron chi connectivity index (χ0n) is 8.64. The molecule has 0 unspecified atom stereocenters. The molecule has 76 valence electrons. The molecule has 0 aliphatic heterocycles. The summed E-state index contributed by atoms with van der Waals surface area (Å²) >= 11 is 5.98. The molecule has 0 bridgehead atoms. The van der Waals surface area contributed by atoms with Crippen LogP contribution in [0.1, 0.15) is 30.9 Å². The SMILES string of the molecule is CCC(=O)CCc1ccc(C)c(Cl)c1. The first kappa shape index (κ1) is 11.3. The fraction of sp³-hybridized carbons (Fsp3) is 0.417. The number of halogens is 1. The molecule has 1 aromatic rings. The predicted octanol–water partition coefficient (Wildman–Crippen LogP) is 3.56. The van der Waals surface area contributed by atoms with Crippen LogP contribution in [0.5, 0.6) is 0 Å². The molecular formula is C12H15ClO. The van der Waals surface area contributed by atoms with Crippen molar-refractivity contribution in [1.29, 1.82) is 0 Å². The van der Waals surface area contributed by atoms with Gasteiger partial charge in [-0.25, -0.2) is 0 Å². The Labute approximate surface area is 90.1 Å². The van der Waals surface area contributed by atoms with Crippen molar-refractivity contribution < 1.29 is 4.79 Å². The van der Waals surface area contributed by atoms with Crippen molar-refractivity contribution in [2.24, 2.45) is 0 Å². The van der Waals surface area contributed by atoms with Gasteiger partial charge in [-0.15, -0.1) is 0 Å². The van der Waals surface area contributed by atoms with Crippen molar-refractivity contribution in [1.82, 2.24) is 0 Å². The molecule has 0 atom stereocenters. The van der Waals surface area contributed by atoms with Gasteiger partial charge in [-0.3, -0.25) is 4.79 Å². The van der Waals surface area contributed by atoms with Crippen molar-refractivity contribution in [2.75, 3.05) is 0 Å². The summed E-state index contributed by atoms with van der Waals surface area (Å²) in [4.78, 5) is 11.1. The normalized spacial score (nSPS) is 10.2. The van der Waals surface area contributed by atoms with E-state index in [-0.39, 0.29) is 0 Å². The summed E-state index contributed by atoms with van der Waals surface area (Å²) in [7, 11) is 0. The van der Waals surface area contributed by atoms with Gasteiger partial charge in [-0.2, -0.15) is 0 Å². The molecule has 0 aliphatic rings. The molecule has 14 heavy (non-hydrogen) atoms. The van der Waals surface area contributed by atoms with E-state index in [1.807, 2.05) is 32.0 Å². The molecule has 1 nitrogen and oxygen atoms in total. The van der Waals surface area contributed by atoms with E-state index in [0.717, 1.165) is 22.6 Å². The molecule has 0 spiro atoms. The first-order valence-corrected chi connectivity index (χ1v) is 5.28. The van der Waals surface area contributed by atoms with Gasteiger partial charge in [0.15, 0.2) is 0 Å². The fourth-order valence-corrected chi connectivity index (χ4v) is 1.46. The van der Waals surface area contributed by atoms with Crippen LogP contribution in [-0.4, -0.2) is 5.78 Å². The summed E-state index contributed by atoms with van der Waals surface area (Å²) in [5.74, 6) is 0.307. The number of ketones is 1. The lowest BCUT2D eigenvalue weighted by Crippen LogP contribution is -1.97. The van der Waals surface area contributed by atoms with Gasteiger partial charge in [-0.05, 0) is 30.5 Å². The van der Waals surface area contributed by atoms with E-state index in [4.69, 9.17) is 11.6 Å². The van der Waals surface area contributed by atoms with Gasteiger partial charge in [0.25, 0.3) is 0 Å². The molecule has 2 heteroatoms. The summed E-state index contributed by atoms with van der Waals surface area (Å²) < 4.78 is 0. The molecular weight excluding hydrogens is 196 g/mol. The van der Waals surface area contributed by atoms with Crippen LogP contribution in [0.25, 0.3) is 0 Å². The van der Waals surface area contributed by atoms with E-state index in [1.165, 1.54) is 0 Å². The van der Waals surface area contributed by atoms with E-state index in [9.17, 15) is 4.79 Å². The second-order valence-corrected chi connectivity index (χ2v) is 3.88. The monoisotopic (exact) mass is 210 g/mol. The van der Waals surface area contributed by atoms with Crippen molar-refractivity contribution >= 4 is 17.4 Å². The zero-order chi connectivity index (χ0) is 10.6. The van der Waals surface area contributed by atoms with E-state index in [0.29, 0.717) is 18.6 Å². The third-order valence-corrected chi connectivity index (χ3v) is 2.73. The standard InChI is InChI=1S/C12H15ClO/c1-3-11(14)7-6-10-5-4-9(2)12(13)8-10/h4-5,8H,3,6-7H2,1-2H3. The van der Waals surface area contributed by atoms with Crippen molar-refractivity contribution in [3.63, 3.8) is 0 Å². The minimum atomic E-state index is 0.307. The highest BCUT2D eigenvalue weighted by Gasteiger charge is 2.01. The minimum Gasteiger partial charge on any atom is -0.300 e. The van der Waals surface area contributed by atoms with Crippen LogP contribution < -0.4 is 0 Å². The van der Waals surface area contributed by atoms with Gasteiger partial charge in [0.05, 0.1) is 0 Å². The Morgan fingerprint density at radius 3 is 2.71 bits per heavy atom. The van der Waals surface area contributed by atoms with Gasteiger partial charge < -0.3 is 0 Å². The molecule has 0 N–H and O–H groups in total. The molecule has 0 aliphatic carbocycles. The fourth-order valence-electron chi connectivity index (χ4n) is 1.25. The minimum absolute atomic E-state index is 0.307. The molecule has 1 rings (SSSR count). The zero-order valence-corrected chi connectivity index (χ0v) is 9.40. The van der Waals surface area contributed by atoms with Crippen LogP contribution in [0.15, 0.2) is 18.2 Å². The summed E-state index contributed by atoms with van der Waals surface area (Å²) in [5, 5.41) is 0.784. The molecule has 0 fully saturated rings. The molecule has 0 heterocycles. The predicted molar refractivity (Wildman–Crippen MR) is 59.8 cm³/mol. The third-order valence-electron chi connectivity index (χ3n) is 2.32. The Bertz CT molecular complexity index is 331. The van der Waals surface area contributed by atoms with Crippen LogP contribution in [0.2, 0.25) is 5.02 Å². The van der Waals surface area contributed by atoms with Crippen LogP contribution >= 0.6 is 11.6 Å². The van der Waals surface area contributed by atoms with Crippen LogP contribution in [-0.2, 0) is 11.2 Å². The average molecular weight is 211 g/mol. The molecule has 0 saturated carbocycles. The largest absolute Gasteiger partial charge is 0.300 e. The van der Waals surface area contributed by atoms with Gasteiger partial charge in [0.1, 0.15) is 5.78 Å². The maximum absolute atomic E-state index is 11.1. The smallest absolute Gasteiger partial charge is 0.132 e. The Morgan fingerprint density at radius 1 is 1.43 bits per heavy atom. The Balaban J connectivity index is 2.60. The highest BCUT2D eigenvalue weighted by atomic mass is 35.5. The maximum atomic E-state index is 11.1. The molecule has 0 saturated heterocycles. The first-order chi connectivity index (χ1) is 6.63. The summed E-state index contributed by atoms with van der Waals surface area (Å²) in [5.41, 5.74) is 2.22. The highest BCUT2D eigenvalue weighted by Crippen LogP contribution is 2.17. The highest BCUT2D eigenvalue weighted by molar-refractivity contribution is 6.31. The molecule has 0 amide bonds. The lowest BCUT2D eigenvalue weighted by Gasteiger charge is -2.02. The van der Waals surface area contributed by atoms with Crippen LogP contribution in [0.4, 0.5) is 0 Å². The summed E-state index contributed by atoms with van der Waals surface area (Å²) in [6, 6.07) is 5.97. The van der Waals surface area contributed by atoms with Gasteiger partial charge in [-0.1, -0.05) is 30.7 Å². The van der Waals surface area contributed by atoms with Gasteiger partial charge >= 0.3 is 0 Å².